The molecule has 1 aliphatic rings. The van der Waals surface area contributed by atoms with Gasteiger partial charge in [0.2, 0.25) is 0 Å². The van der Waals surface area contributed by atoms with E-state index in [1.807, 2.05) is 0 Å². The standard InChI is InChI=1S/C10H10O5/c11-7-5-9-8(4-6(7)10(12)13)14-2-1-3-15-9/h4-5,11H,1-3H2,(H,12,13). The molecule has 2 rings (SSSR count). The number of carbonyl (C=O) groups is 1. The van der Waals surface area contributed by atoms with E-state index in [1.54, 1.807) is 0 Å². The van der Waals surface area contributed by atoms with Gasteiger partial charge in [0.25, 0.3) is 0 Å². The van der Waals surface area contributed by atoms with Crippen LogP contribution in [0.1, 0.15) is 16.8 Å². The molecule has 15 heavy (non-hydrogen) atoms. The maximum absolute atomic E-state index is 10.7. The summed E-state index contributed by atoms with van der Waals surface area (Å²) in [4.78, 5) is 10.7. The Morgan fingerprint density at radius 3 is 2.40 bits per heavy atom. The molecular formula is C10H10O5. The average Bonchev–Trinajstić information content (AvgIpc) is 2.40. The van der Waals surface area contributed by atoms with Crippen LogP contribution in [0.3, 0.4) is 0 Å². The molecule has 1 aromatic rings. The van der Waals surface area contributed by atoms with Crippen LogP contribution in [0, 0.1) is 0 Å². The predicted molar refractivity (Wildman–Crippen MR) is 50.7 cm³/mol. The van der Waals surface area contributed by atoms with Crippen LogP contribution in [0.5, 0.6) is 17.2 Å². The Bertz CT molecular complexity index is 399. The lowest BCUT2D eigenvalue weighted by atomic mass is 10.2. The molecule has 0 saturated heterocycles. The average molecular weight is 210 g/mol. The molecular weight excluding hydrogens is 200 g/mol. The van der Waals surface area contributed by atoms with Crippen molar-refractivity contribution in [1.29, 1.82) is 0 Å². The number of carboxylic acids is 1. The number of phenols is 1. The van der Waals surface area contributed by atoms with E-state index in [0.717, 1.165) is 6.42 Å². The summed E-state index contributed by atoms with van der Waals surface area (Å²) in [6.07, 6.45) is 0.734. The third-order valence-electron chi connectivity index (χ3n) is 2.10. The van der Waals surface area contributed by atoms with E-state index >= 15 is 0 Å². The number of benzene rings is 1. The van der Waals surface area contributed by atoms with Crippen LogP contribution in [-0.4, -0.2) is 29.4 Å². The van der Waals surface area contributed by atoms with Gasteiger partial charge in [0.15, 0.2) is 11.5 Å². The van der Waals surface area contributed by atoms with E-state index in [-0.39, 0.29) is 11.3 Å². The largest absolute Gasteiger partial charge is 0.507 e. The monoisotopic (exact) mass is 210 g/mol. The molecule has 5 nitrogen and oxygen atoms in total. The van der Waals surface area contributed by atoms with Crippen molar-refractivity contribution in [3.8, 4) is 17.2 Å². The Balaban J connectivity index is 2.47. The summed E-state index contributed by atoms with van der Waals surface area (Å²) in [5.41, 5.74) is -0.181. The van der Waals surface area contributed by atoms with E-state index < -0.39 is 5.97 Å². The highest BCUT2D eigenvalue weighted by Gasteiger charge is 2.17. The Labute approximate surface area is 85.9 Å². The van der Waals surface area contributed by atoms with E-state index in [4.69, 9.17) is 14.6 Å². The zero-order chi connectivity index (χ0) is 10.8. The van der Waals surface area contributed by atoms with Gasteiger partial charge in [0.1, 0.15) is 11.3 Å². The second-order valence-corrected chi connectivity index (χ2v) is 3.17. The van der Waals surface area contributed by atoms with Crippen molar-refractivity contribution in [3.63, 3.8) is 0 Å². The van der Waals surface area contributed by atoms with Crippen molar-refractivity contribution in [2.75, 3.05) is 13.2 Å². The zero-order valence-electron chi connectivity index (χ0n) is 7.90. The van der Waals surface area contributed by atoms with Crippen molar-refractivity contribution >= 4 is 5.97 Å². The van der Waals surface area contributed by atoms with Gasteiger partial charge in [-0.05, 0) is 0 Å². The van der Waals surface area contributed by atoms with E-state index in [1.165, 1.54) is 12.1 Å². The Kier molecular flexibility index (Phi) is 2.37. The number of hydrogen-bond acceptors (Lipinski definition) is 4. The van der Waals surface area contributed by atoms with Crippen LogP contribution in [0.15, 0.2) is 12.1 Å². The summed E-state index contributed by atoms with van der Waals surface area (Å²) >= 11 is 0. The summed E-state index contributed by atoms with van der Waals surface area (Å²) in [7, 11) is 0. The number of ether oxygens (including phenoxy) is 2. The fraction of sp³-hybridized carbons (Fsp3) is 0.300. The minimum atomic E-state index is -1.19. The quantitative estimate of drug-likeness (QED) is 0.729. The van der Waals surface area contributed by atoms with Gasteiger partial charge < -0.3 is 19.7 Å². The molecule has 0 spiro atoms. The molecule has 0 aliphatic carbocycles. The van der Waals surface area contributed by atoms with Gasteiger partial charge in [-0.1, -0.05) is 0 Å². The molecule has 1 aliphatic heterocycles. The van der Waals surface area contributed by atoms with Crippen LogP contribution >= 0.6 is 0 Å². The number of rotatable bonds is 1. The molecule has 0 fully saturated rings. The first-order valence-corrected chi connectivity index (χ1v) is 4.54. The zero-order valence-corrected chi connectivity index (χ0v) is 7.90. The molecule has 0 unspecified atom stereocenters. The third kappa shape index (κ3) is 1.81. The van der Waals surface area contributed by atoms with Crippen LogP contribution in [0.2, 0.25) is 0 Å². The van der Waals surface area contributed by atoms with Gasteiger partial charge in [-0.15, -0.1) is 0 Å². The molecule has 0 amide bonds. The first kappa shape index (κ1) is 9.64. The lowest BCUT2D eigenvalue weighted by Gasteiger charge is -2.08. The molecule has 0 bridgehead atoms. The second-order valence-electron chi connectivity index (χ2n) is 3.17. The third-order valence-corrected chi connectivity index (χ3v) is 2.10. The molecule has 0 aromatic heterocycles. The highest BCUT2D eigenvalue weighted by Crippen LogP contribution is 2.35. The maximum atomic E-state index is 10.7. The topological polar surface area (TPSA) is 76.0 Å². The molecule has 2 N–H and O–H groups in total. The highest BCUT2D eigenvalue weighted by molar-refractivity contribution is 5.91. The van der Waals surface area contributed by atoms with Gasteiger partial charge in [0, 0.05) is 18.6 Å². The van der Waals surface area contributed by atoms with Gasteiger partial charge in [-0.3, -0.25) is 0 Å². The van der Waals surface area contributed by atoms with Crippen LogP contribution in [0.4, 0.5) is 0 Å². The molecule has 1 heterocycles. The van der Waals surface area contributed by atoms with E-state index in [0.29, 0.717) is 24.7 Å². The number of aromatic hydroxyl groups is 1. The van der Waals surface area contributed by atoms with Crippen molar-refractivity contribution in [2.24, 2.45) is 0 Å². The Morgan fingerprint density at radius 2 is 1.80 bits per heavy atom. The van der Waals surface area contributed by atoms with Crippen LogP contribution in [-0.2, 0) is 0 Å². The minimum absolute atomic E-state index is 0.181. The lowest BCUT2D eigenvalue weighted by molar-refractivity contribution is 0.0693. The van der Waals surface area contributed by atoms with E-state index in [2.05, 4.69) is 0 Å². The van der Waals surface area contributed by atoms with Gasteiger partial charge in [-0.25, -0.2) is 4.79 Å². The summed E-state index contributed by atoms with van der Waals surface area (Å²) in [5.74, 6) is -0.757. The summed E-state index contributed by atoms with van der Waals surface area (Å²) < 4.78 is 10.6. The molecule has 80 valence electrons. The van der Waals surface area contributed by atoms with Crippen molar-refractivity contribution in [3.05, 3.63) is 17.7 Å². The first-order valence-electron chi connectivity index (χ1n) is 4.54. The number of hydrogen-bond donors (Lipinski definition) is 2. The lowest BCUT2D eigenvalue weighted by Crippen LogP contribution is -1.99. The van der Waals surface area contributed by atoms with Crippen LogP contribution in [0.25, 0.3) is 0 Å². The van der Waals surface area contributed by atoms with Gasteiger partial charge >= 0.3 is 5.97 Å². The smallest absolute Gasteiger partial charge is 0.339 e. The van der Waals surface area contributed by atoms with Crippen molar-refractivity contribution in [2.45, 2.75) is 6.42 Å². The molecule has 0 radical (unpaired) electrons. The summed E-state index contributed by atoms with van der Waals surface area (Å²) in [6.45, 7) is 0.982. The molecule has 1 aromatic carbocycles. The Hall–Kier alpha value is -1.91. The summed E-state index contributed by atoms with van der Waals surface area (Å²) in [5, 5.41) is 18.2. The highest BCUT2D eigenvalue weighted by atomic mass is 16.5. The number of carboxylic acid groups (broad SMARTS) is 1. The molecule has 0 atom stereocenters. The summed E-state index contributed by atoms with van der Waals surface area (Å²) in [6, 6.07) is 2.54. The maximum Gasteiger partial charge on any atom is 0.339 e. The second kappa shape index (κ2) is 3.68. The fourth-order valence-electron chi connectivity index (χ4n) is 1.37. The van der Waals surface area contributed by atoms with Gasteiger partial charge in [0.05, 0.1) is 13.2 Å². The van der Waals surface area contributed by atoms with Crippen molar-refractivity contribution in [1.82, 2.24) is 0 Å². The molecule has 0 saturated carbocycles. The Morgan fingerprint density at radius 1 is 1.20 bits per heavy atom. The minimum Gasteiger partial charge on any atom is -0.507 e. The van der Waals surface area contributed by atoms with Crippen LogP contribution < -0.4 is 9.47 Å². The normalized spacial score (nSPS) is 14.4. The van der Waals surface area contributed by atoms with E-state index in [9.17, 15) is 9.90 Å². The molecule has 5 heteroatoms. The van der Waals surface area contributed by atoms with Crippen molar-refractivity contribution < 1.29 is 24.5 Å². The number of aromatic carboxylic acids is 1. The SMILES string of the molecule is O=C(O)c1cc2c(cc1O)OCCCO2. The fourth-order valence-corrected chi connectivity index (χ4v) is 1.37. The van der Waals surface area contributed by atoms with Gasteiger partial charge in [-0.2, -0.15) is 0 Å². The first-order chi connectivity index (χ1) is 7.18. The number of fused-ring (bicyclic) bond motifs is 1. The predicted octanol–water partition coefficient (Wildman–Crippen LogP) is 1.25.